The van der Waals surface area contributed by atoms with Crippen LogP contribution in [0.4, 0.5) is 17.1 Å². The number of rotatable bonds is 7. The van der Waals surface area contributed by atoms with E-state index in [2.05, 4.69) is 182 Å². The Morgan fingerprint density at radius 1 is 0.383 bits per heavy atom. The lowest BCUT2D eigenvalue weighted by Gasteiger charge is -2.26. The normalized spacial score (nSPS) is 11.1. The third kappa shape index (κ3) is 5.51. The molecule has 2 heteroatoms. The average molecular weight is 604 g/mol. The van der Waals surface area contributed by atoms with Crippen molar-refractivity contribution in [2.75, 3.05) is 4.90 Å². The molecule has 0 aliphatic heterocycles. The van der Waals surface area contributed by atoms with Crippen molar-refractivity contribution >= 4 is 28.0 Å². The van der Waals surface area contributed by atoms with Crippen LogP contribution in [-0.4, -0.2) is 0 Å². The van der Waals surface area contributed by atoms with Gasteiger partial charge in [-0.1, -0.05) is 140 Å². The van der Waals surface area contributed by atoms with Crippen LogP contribution in [0.5, 0.6) is 0 Å². The molecular formula is C45H33NO. The molecule has 0 fully saturated rings. The summed E-state index contributed by atoms with van der Waals surface area (Å²) in [5.74, 6) is 0.903. The number of benzene rings is 7. The van der Waals surface area contributed by atoms with Gasteiger partial charge in [0.25, 0.3) is 0 Å². The van der Waals surface area contributed by atoms with Gasteiger partial charge in [0.15, 0.2) is 0 Å². The summed E-state index contributed by atoms with van der Waals surface area (Å²) < 4.78 is 6.39. The summed E-state index contributed by atoms with van der Waals surface area (Å²) in [4.78, 5) is 2.32. The molecule has 224 valence electrons. The molecule has 0 unspecified atom stereocenters. The maximum Gasteiger partial charge on any atom is 0.138 e. The van der Waals surface area contributed by atoms with Gasteiger partial charge in [-0.25, -0.2) is 0 Å². The Bertz CT molecular complexity index is 2280. The maximum absolute atomic E-state index is 6.39. The molecule has 8 rings (SSSR count). The van der Waals surface area contributed by atoms with Crippen LogP contribution >= 0.6 is 0 Å². The van der Waals surface area contributed by atoms with Gasteiger partial charge in [-0.3, -0.25) is 0 Å². The van der Waals surface area contributed by atoms with Crippen LogP contribution in [0.2, 0.25) is 0 Å². The standard InChI is InChI=1S/C45H33NO/c1-32-41-19-10-11-22-44(41)47-45(32)37-17-12-18-40(31-37)46(38-27-23-34(24-28-38)33-13-4-2-5-14-33)39-29-25-36(26-30-39)43-21-9-8-20-42(43)35-15-6-3-7-16-35/h2-31H,1H3. The summed E-state index contributed by atoms with van der Waals surface area (Å²) in [6.07, 6.45) is 0. The molecule has 0 N–H and O–H groups in total. The highest BCUT2D eigenvalue weighted by Crippen LogP contribution is 2.41. The van der Waals surface area contributed by atoms with Crippen LogP contribution in [0.25, 0.3) is 55.7 Å². The van der Waals surface area contributed by atoms with E-state index in [1.165, 1.54) is 33.4 Å². The quantitative estimate of drug-likeness (QED) is 0.180. The fraction of sp³-hybridized carbons (Fsp3) is 0.0222. The van der Waals surface area contributed by atoms with Crippen LogP contribution in [0.15, 0.2) is 186 Å². The Hall–Kier alpha value is -6.12. The molecule has 1 aromatic heterocycles. The van der Waals surface area contributed by atoms with Gasteiger partial charge in [-0.05, 0) is 82.8 Å². The van der Waals surface area contributed by atoms with Gasteiger partial charge in [0.05, 0.1) is 0 Å². The highest BCUT2D eigenvalue weighted by Gasteiger charge is 2.17. The first-order valence-electron chi connectivity index (χ1n) is 16.0. The highest BCUT2D eigenvalue weighted by atomic mass is 16.3. The first-order valence-corrected chi connectivity index (χ1v) is 16.0. The van der Waals surface area contributed by atoms with E-state index in [9.17, 15) is 0 Å². The lowest BCUT2D eigenvalue weighted by Crippen LogP contribution is -2.10. The van der Waals surface area contributed by atoms with E-state index in [-0.39, 0.29) is 0 Å². The minimum atomic E-state index is 0.903. The number of fused-ring (bicyclic) bond motifs is 1. The molecule has 47 heavy (non-hydrogen) atoms. The van der Waals surface area contributed by atoms with Gasteiger partial charge in [0.1, 0.15) is 11.3 Å². The molecule has 0 saturated carbocycles. The van der Waals surface area contributed by atoms with E-state index >= 15 is 0 Å². The summed E-state index contributed by atoms with van der Waals surface area (Å²) in [6.45, 7) is 2.14. The van der Waals surface area contributed by atoms with Crippen molar-refractivity contribution in [3.8, 4) is 44.7 Å². The van der Waals surface area contributed by atoms with Crippen molar-refractivity contribution in [2.45, 2.75) is 6.92 Å². The average Bonchev–Trinajstić information content (AvgIpc) is 3.49. The van der Waals surface area contributed by atoms with Crippen LogP contribution in [0.3, 0.4) is 0 Å². The van der Waals surface area contributed by atoms with Crippen molar-refractivity contribution in [3.05, 3.63) is 188 Å². The van der Waals surface area contributed by atoms with Crippen LogP contribution in [0, 0.1) is 6.92 Å². The monoisotopic (exact) mass is 603 g/mol. The first-order chi connectivity index (χ1) is 23.2. The summed E-state index contributed by atoms with van der Waals surface area (Å²) in [5, 5.41) is 1.15. The summed E-state index contributed by atoms with van der Waals surface area (Å²) in [7, 11) is 0. The molecule has 1 heterocycles. The topological polar surface area (TPSA) is 16.4 Å². The smallest absolute Gasteiger partial charge is 0.138 e. The molecule has 0 atom stereocenters. The van der Waals surface area contributed by atoms with Crippen molar-refractivity contribution in [1.29, 1.82) is 0 Å². The number of anilines is 3. The van der Waals surface area contributed by atoms with Crippen molar-refractivity contribution in [2.24, 2.45) is 0 Å². The van der Waals surface area contributed by atoms with Crippen molar-refractivity contribution in [1.82, 2.24) is 0 Å². The highest BCUT2D eigenvalue weighted by molar-refractivity contribution is 5.89. The van der Waals surface area contributed by atoms with Gasteiger partial charge in [0, 0.05) is 33.6 Å². The molecule has 0 radical (unpaired) electrons. The maximum atomic E-state index is 6.39. The summed E-state index contributed by atoms with van der Waals surface area (Å²) in [5.41, 5.74) is 13.6. The Kier molecular flexibility index (Phi) is 7.45. The van der Waals surface area contributed by atoms with E-state index in [4.69, 9.17) is 4.42 Å². The Morgan fingerprint density at radius 3 is 1.51 bits per heavy atom. The minimum Gasteiger partial charge on any atom is -0.456 e. The largest absolute Gasteiger partial charge is 0.456 e. The van der Waals surface area contributed by atoms with E-state index in [0.717, 1.165) is 44.9 Å². The predicted molar refractivity (Wildman–Crippen MR) is 197 cm³/mol. The summed E-state index contributed by atoms with van der Waals surface area (Å²) >= 11 is 0. The molecule has 8 aromatic rings. The molecule has 0 spiro atoms. The molecule has 0 saturated heterocycles. The fourth-order valence-corrected chi connectivity index (χ4v) is 6.51. The Labute approximate surface area is 275 Å². The van der Waals surface area contributed by atoms with Gasteiger partial charge < -0.3 is 9.32 Å². The number of aryl methyl sites for hydroxylation is 1. The predicted octanol–water partition coefficient (Wildman–Crippen LogP) is 12.9. The first kappa shape index (κ1) is 28.4. The second-order valence-electron chi connectivity index (χ2n) is 11.8. The molecule has 2 nitrogen and oxygen atoms in total. The second kappa shape index (κ2) is 12.3. The zero-order valence-electron chi connectivity index (χ0n) is 26.2. The van der Waals surface area contributed by atoms with Crippen LogP contribution < -0.4 is 4.90 Å². The lowest BCUT2D eigenvalue weighted by molar-refractivity contribution is 0.629. The number of para-hydroxylation sites is 1. The lowest BCUT2D eigenvalue weighted by atomic mass is 9.94. The second-order valence-corrected chi connectivity index (χ2v) is 11.8. The number of nitrogens with zero attached hydrogens (tertiary/aromatic N) is 1. The number of hydrogen-bond acceptors (Lipinski definition) is 2. The van der Waals surface area contributed by atoms with Gasteiger partial charge in [-0.15, -0.1) is 0 Å². The zero-order valence-corrected chi connectivity index (χ0v) is 26.2. The number of hydrogen-bond donors (Lipinski definition) is 0. The van der Waals surface area contributed by atoms with E-state index in [0.29, 0.717) is 0 Å². The zero-order chi connectivity index (χ0) is 31.6. The third-order valence-electron chi connectivity index (χ3n) is 8.89. The van der Waals surface area contributed by atoms with Gasteiger partial charge >= 0.3 is 0 Å². The molecule has 7 aromatic carbocycles. The Balaban J connectivity index is 1.22. The molecule has 0 aliphatic carbocycles. The van der Waals surface area contributed by atoms with E-state index in [1.807, 2.05) is 12.1 Å². The van der Waals surface area contributed by atoms with E-state index < -0.39 is 0 Å². The Morgan fingerprint density at radius 2 is 0.872 bits per heavy atom. The molecular weight excluding hydrogens is 571 g/mol. The molecule has 0 amide bonds. The van der Waals surface area contributed by atoms with Crippen LogP contribution in [-0.2, 0) is 0 Å². The van der Waals surface area contributed by atoms with Crippen molar-refractivity contribution < 1.29 is 4.42 Å². The van der Waals surface area contributed by atoms with Gasteiger partial charge in [-0.2, -0.15) is 0 Å². The minimum absolute atomic E-state index is 0.903. The van der Waals surface area contributed by atoms with Crippen LogP contribution in [0.1, 0.15) is 5.56 Å². The molecule has 0 aliphatic rings. The van der Waals surface area contributed by atoms with Gasteiger partial charge in [0.2, 0.25) is 0 Å². The molecule has 0 bridgehead atoms. The van der Waals surface area contributed by atoms with Crippen molar-refractivity contribution in [3.63, 3.8) is 0 Å². The third-order valence-corrected chi connectivity index (χ3v) is 8.89. The SMILES string of the molecule is Cc1c(-c2cccc(N(c3ccc(-c4ccccc4)cc3)c3ccc(-c4ccccc4-c4ccccc4)cc3)c2)oc2ccccc12. The van der Waals surface area contributed by atoms with E-state index in [1.54, 1.807) is 0 Å². The fourth-order valence-electron chi connectivity index (χ4n) is 6.51. The summed E-state index contributed by atoms with van der Waals surface area (Å²) in [6, 6.07) is 64.4. The number of furan rings is 1.